The lowest BCUT2D eigenvalue weighted by atomic mass is 9.68. The molecule has 0 N–H and O–H groups in total. The van der Waals surface area contributed by atoms with Crippen molar-refractivity contribution in [3.63, 3.8) is 0 Å². The highest BCUT2D eigenvalue weighted by molar-refractivity contribution is 6.08. The molecule has 0 saturated heterocycles. The standard InChI is InChI=1S/C57H47NO/c1-3-13-44-34-38(2)37-57(44)52-20-11-10-18-51(52)56-48(19-12-21-53(56)57)43-26-32-49-50-33-31-47(36-55(50)59-54(49)35-43)58(45-27-22-41(23-28-45)39-14-6-4-7-15-39)46-29-24-42(25-30-46)40-16-8-5-9-17-40/h4-12,14-33,35-36,38,44H,3,13,34,37H2,1-2H3. The molecule has 1 aromatic heterocycles. The summed E-state index contributed by atoms with van der Waals surface area (Å²) in [4.78, 5) is 2.33. The predicted molar refractivity (Wildman–Crippen MR) is 248 cm³/mol. The molecule has 2 heteroatoms. The highest BCUT2D eigenvalue weighted by Crippen LogP contribution is 2.63. The number of fused-ring (bicyclic) bond motifs is 8. The first kappa shape index (κ1) is 35.5. The molecule has 2 aliphatic carbocycles. The molecule has 0 radical (unpaired) electrons. The Morgan fingerprint density at radius 2 is 1.03 bits per heavy atom. The van der Waals surface area contributed by atoms with Gasteiger partial charge in [0.2, 0.25) is 0 Å². The molecule has 9 aromatic rings. The summed E-state index contributed by atoms with van der Waals surface area (Å²) >= 11 is 0. The molecule has 0 bridgehead atoms. The maximum atomic E-state index is 6.85. The molecule has 59 heavy (non-hydrogen) atoms. The van der Waals surface area contributed by atoms with E-state index in [-0.39, 0.29) is 5.41 Å². The van der Waals surface area contributed by atoms with Crippen LogP contribution in [0.15, 0.2) is 192 Å². The van der Waals surface area contributed by atoms with Crippen LogP contribution in [0.2, 0.25) is 0 Å². The Labute approximate surface area is 347 Å². The summed E-state index contributed by atoms with van der Waals surface area (Å²) < 4.78 is 6.85. The molecular formula is C57H47NO. The molecule has 286 valence electrons. The Morgan fingerprint density at radius 1 is 0.508 bits per heavy atom. The molecule has 0 amide bonds. The third-order valence-corrected chi connectivity index (χ3v) is 13.4. The first-order valence-electron chi connectivity index (χ1n) is 21.4. The average molecular weight is 762 g/mol. The van der Waals surface area contributed by atoms with Gasteiger partial charge in [-0.15, -0.1) is 0 Å². The third-order valence-electron chi connectivity index (χ3n) is 13.4. The fraction of sp³-hybridized carbons (Fsp3) is 0.158. The Hall–Kier alpha value is -6.64. The van der Waals surface area contributed by atoms with Gasteiger partial charge in [-0.3, -0.25) is 0 Å². The van der Waals surface area contributed by atoms with Crippen LogP contribution < -0.4 is 4.90 Å². The van der Waals surface area contributed by atoms with E-state index in [2.05, 4.69) is 207 Å². The number of hydrogen-bond donors (Lipinski definition) is 0. The van der Waals surface area contributed by atoms with Crippen molar-refractivity contribution in [3.05, 3.63) is 199 Å². The summed E-state index contributed by atoms with van der Waals surface area (Å²) in [6.45, 7) is 4.82. The van der Waals surface area contributed by atoms with Gasteiger partial charge in [0.25, 0.3) is 0 Å². The molecule has 2 aliphatic rings. The molecule has 8 aromatic carbocycles. The van der Waals surface area contributed by atoms with Gasteiger partial charge in [0.15, 0.2) is 0 Å². The minimum Gasteiger partial charge on any atom is -0.456 e. The second-order valence-corrected chi connectivity index (χ2v) is 16.9. The fourth-order valence-electron chi connectivity index (χ4n) is 10.9. The normalized spacial score (nSPS) is 18.1. The van der Waals surface area contributed by atoms with Gasteiger partial charge in [-0.2, -0.15) is 0 Å². The van der Waals surface area contributed by atoms with Crippen molar-refractivity contribution in [1.82, 2.24) is 0 Å². The molecular weight excluding hydrogens is 715 g/mol. The van der Waals surface area contributed by atoms with Crippen LogP contribution in [0.3, 0.4) is 0 Å². The van der Waals surface area contributed by atoms with Gasteiger partial charge < -0.3 is 9.32 Å². The van der Waals surface area contributed by atoms with Crippen molar-refractivity contribution >= 4 is 39.0 Å². The SMILES string of the molecule is CCCC1CC(C)CC12c1ccccc1-c1c(-c3ccc4c(c3)oc3cc(N(c5ccc(-c6ccccc6)cc5)c5ccc(-c6ccccc6)cc5)ccc34)cccc12. The van der Waals surface area contributed by atoms with Crippen molar-refractivity contribution in [1.29, 1.82) is 0 Å². The molecule has 1 saturated carbocycles. The minimum atomic E-state index is 0.0901. The summed E-state index contributed by atoms with van der Waals surface area (Å²) in [6, 6.07) is 68.8. The Kier molecular flexibility index (Phi) is 8.62. The number of nitrogens with zero attached hydrogens (tertiary/aromatic N) is 1. The van der Waals surface area contributed by atoms with Crippen LogP contribution in [0.25, 0.3) is 66.4 Å². The largest absolute Gasteiger partial charge is 0.456 e. The number of rotatable bonds is 8. The molecule has 1 spiro atoms. The van der Waals surface area contributed by atoms with Crippen molar-refractivity contribution in [2.75, 3.05) is 4.90 Å². The first-order valence-corrected chi connectivity index (χ1v) is 21.4. The second kappa shape index (κ2) is 14.3. The number of anilines is 3. The lowest BCUT2D eigenvalue weighted by molar-refractivity contribution is 0.355. The van der Waals surface area contributed by atoms with E-state index < -0.39 is 0 Å². The lowest BCUT2D eigenvalue weighted by Gasteiger charge is -2.34. The maximum absolute atomic E-state index is 6.85. The van der Waals surface area contributed by atoms with E-state index in [1.807, 2.05) is 0 Å². The van der Waals surface area contributed by atoms with E-state index in [0.29, 0.717) is 11.8 Å². The van der Waals surface area contributed by atoms with E-state index in [4.69, 9.17) is 4.42 Å². The molecule has 1 fully saturated rings. The molecule has 0 aliphatic heterocycles. The van der Waals surface area contributed by atoms with Gasteiger partial charge in [0.1, 0.15) is 11.2 Å². The van der Waals surface area contributed by atoms with Crippen molar-refractivity contribution in [2.24, 2.45) is 11.8 Å². The minimum absolute atomic E-state index is 0.0901. The maximum Gasteiger partial charge on any atom is 0.137 e. The van der Waals surface area contributed by atoms with Crippen molar-refractivity contribution < 1.29 is 4.42 Å². The van der Waals surface area contributed by atoms with E-state index in [1.54, 1.807) is 0 Å². The summed E-state index contributed by atoms with van der Waals surface area (Å²) in [7, 11) is 0. The quantitative estimate of drug-likeness (QED) is 0.153. The van der Waals surface area contributed by atoms with E-state index in [0.717, 1.165) is 39.0 Å². The zero-order valence-electron chi connectivity index (χ0n) is 33.7. The highest BCUT2D eigenvalue weighted by Gasteiger charge is 2.53. The van der Waals surface area contributed by atoms with E-state index in [1.165, 1.54) is 81.3 Å². The van der Waals surface area contributed by atoms with E-state index >= 15 is 0 Å². The third kappa shape index (κ3) is 5.84. The molecule has 11 rings (SSSR count). The average Bonchev–Trinajstić information content (AvgIpc) is 3.93. The van der Waals surface area contributed by atoms with Crippen LogP contribution >= 0.6 is 0 Å². The second-order valence-electron chi connectivity index (χ2n) is 16.9. The van der Waals surface area contributed by atoms with Crippen LogP contribution in [-0.4, -0.2) is 0 Å². The summed E-state index contributed by atoms with van der Waals surface area (Å²) in [6.07, 6.45) is 5.01. The zero-order chi connectivity index (χ0) is 39.5. The van der Waals surface area contributed by atoms with Crippen LogP contribution in [0.1, 0.15) is 50.7 Å². The van der Waals surface area contributed by atoms with Gasteiger partial charge in [0, 0.05) is 39.3 Å². The highest BCUT2D eigenvalue weighted by atomic mass is 16.3. The smallest absolute Gasteiger partial charge is 0.137 e. The lowest BCUT2D eigenvalue weighted by Crippen LogP contribution is -2.30. The van der Waals surface area contributed by atoms with Crippen LogP contribution in [0.5, 0.6) is 0 Å². The Morgan fingerprint density at radius 3 is 1.69 bits per heavy atom. The number of benzene rings is 8. The van der Waals surface area contributed by atoms with E-state index in [9.17, 15) is 0 Å². The Bertz CT molecular complexity index is 2880. The Balaban J connectivity index is 1.01. The predicted octanol–water partition coefficient (Wildman–Crippen LogP) is 16.2. The van der Waals surface area contributed by atoms with Crippen molar-refractivity contribution in [2.45, 2.75) is 44.9 Å². The topological polar surface area (TPSA) is 16.4 Å². The number of furan rings is 1. The van der Waals surface area contributed by atoms with Crippen molar-refractivity contribution in [3.8, 4) is 44.5 Å². The van der Waals surface area contributed by atoms with Gasteiger partial charge in [-0.25, -0.2) is 0 Å². The van der Waals surface area contributed by atoms with Crippen LogP contribution in [0, 0.1) is 11.8 Å². The summed E-state index contributed by atoms with van der Waals surface area (Å²) in [5, 5.41) is 2.26. The summed E-state index contributed by atoms with van der Waals surface area (Å²) in [5.74, 6) is 1.37. The number of hydrogen-bond acceptors (Lipinski definition) is 2. The monoisotopic (exact) mass is 761 g/mol. The molecule has 1 heterocycles. The zero-order valence-corrected chi connectivity index (χ0v) is 33.7. The van der Waals surface area contributed by atoms with Crippen LogP contribution in [-0.2, 0) is 5.41 Å². The first-order chi connectivity index (χ1) is 29.1. The molecule has 2 nitrogen and oxygen atoms in total. The molecule has 3 unspecified atom stereocenters. The van der Waals surface area contributed by atoms with Gasteiger partial charge in [-0.1, -0.05) is 154 Å². The molecule has 3 atom stereocenters. The van der Waals surface area contributed by atoms with Gasteiger partial charge in [-0.05, 0) is 135 Å². The fourth-order valence-corrected chi connectivity index (χ4v) is 10.9. The van der Waals surface area contributed by atoms with Gasteiger partial charge >= 0.3 is 0 Å². The van der Waals surface area contributed by atoms with Gasteiger partial charge in [0.05, 0.1) is 0 Å². The van der Waals surface area contributed by atoms with Crippen LogP contribution in [0.4, 0.5) is 17.1 Å². The summed E-state index contributed by atoms with van der Waals surface area (Å²) in [5.41, 5.74) is 18.3.